The Bertz CT molecular complexity index is 953. The SMILES string of the molecule is CC(C)c1c(C#N)c(F)c2cnc(N[C@@H]3CCNC[C@H]3F)nn12.O=C(O)C(F)(F)F. The van der Waals surface area contributed by atoms with Gasteiger partial charge in [-0.3, -0.25) is 0 Å². The number of carboxylic acids is 1. The molecule has 8 nitrogen and oxygen atoms in total. The first-order valence-electron chi connectivity index (χ1n) is 8.86. The lowest BCUT2D eigenvalue weighted by Gasteiger charge is -2.27. The van der Waals surface area contributed by atoms with Crippen molar-refractivity contribution in [2.45, 2.75) is 44.6 Å². The van der Waals surface area contributed by atoms with E-state index in [4.69, 9.17) is 9.90 Å². The van der Waals surface area contributed by atoms with E-state index in [1.807, 2.05) is 19.9 Å². The second-order valence-corrected chi connectivity index (χ2v) is 6.78. The molecule has 0 radical (unpaired) electrons. The molecule has 0 aromatic carbocycles. The fourth-order valence-electron chi connectivity index (χ4n) is 2.89. The molecular weight excluding hydrogens is 415 g/mol. The van der Waals surface area contributed by atoms with Gasteiger partial charge in [0, 0.05) is 6.54 Å². The third-order valence-electron chi connectivity index (χ3n) is 4.28. The highest BCUT2D eigenvalue weighted by Gasteiger charge is 2.38. The van der Waals surface area contributed by atoms with Crippen molar-refractivity contribution in [3.8, 4) is 6.07 Å². The zero-order chi connectivity index (χ0) is 22.6. The third kappa shape index (κ3) is 5.12. The fraction of sp³-hybridized carbons (Fsp3) is 0.529. The van der Waals surface area contributed by atoms with Gasteiger partial charge in [0.2, 0.25) is 5.95 Å². The van der Waals surface area contributed by atoms with Gasteiger partial charge in [-0.25, -0.2) is 23.1 Å². The normalized spacial score (nSPS) is 19.2. The number of rotatable bonds is 3. The van der Waals surface area contributed by atoms with E-state index in [0.29, 0.717) is 18.7 Å². The Labute approximate surface area is 167 Å². The zero-order valence-corrected chi connectivity index (χ0v) is 16.0. The van der Waals surface area contributed by atoms with Gasteiger partial charge in [-0.2, -0.15) is 18.4 Å². The predicted molar refractivity (Wildman–Crippen MR) is 95.2 cm³/mol. The summed E-state index contributed by atoms with van der Waals surface area (Å²) in [5.74, 6) is -3.23. The number of carboxylic acid groups (broad SMARTS) is 1. The summed E-state index contributed by atoms with van der Waals surface area (Å²) in [5.41, 5.74) is 0.627. The highest BCUT2D eigenvalue weighted by Crippen LogP contribution is 2.27. The van der Waals surface area contributed by atoms with Gasteiger partial charge in [-0.15, -0.1) is 5.10 Å². The summed E-state index contributed by atoms with van der Waals surface area (Å²) in [6.45, 7) is 4.73. The van der Waals surface area contributed by atoms with E-state index in [0.717, 1.165) is 0 Å². The minimum atomic E-state index is -5.08. The molecule has 3 N–H and O–H groups in total. The number of anilines is 1. The molecule has 1 aliphatic heterocycles. The van der Waals surface area contributed by atoms with Crippen LogP contribution in [0.1, 0.15) is 37.4 Å². The molecule has 2 aromatic rings. The number of hydrogen-bond acceptors (Lipinski definition) is 6. The molecule has 1 fully saturated rings. The van der Waals surface area contributed by atoms with Crippen molar-refractivity contribution in [3.05, 3.63) is 23.3 Å². The molecule has 0 amide bonds. The molecule has 3 rings (SSSR count). The number of nitrogens with one attached hydrogen (secondary N) is 2. The van der Waals surface area contributed by atoms with Crippen LogP contribution in [0.4, 0.5) is 27.9 Å². The molecule has 0 aliphatic carbocycles. The molecule has 1 aliphatic rings. The topological polar surface area (TPSA) is 115 Å². The van der Waals surface area contributed by atoms with E-state index in [1.54, 1.807) is 0 Å². The molecule has 30 heavy (non-hydrogen) atoms. The van der Waals surface area contributed by atoms with Gasteiger partial charge in [-0.1, -0.05) is 13.8 Å². The van der Waals surface area contributed by atoms with Crippen LogP contribution in [-0.4, -0.2) is 57.2 Å². The van der Waals surface area contributed by atoms with Crippen molar-refractivity contribution in [1.29, 1.82) is 5.26 Å². The molecular formula is C17H19F5N6O2. The smallest absolute Gasteiger partial charge is 0.475 e. The lowest BCUT2D eigenvalue weighted by molar-refractivity contribution is -0.192. The number of hydrogen-bond donors (Lipinski definition) is 3. The van der Waals surface area contributed by atoms with Crippen molar-refractivity contribution in [2.75, 3.05) is 18.4 Å². The van der Waals surface area contributed by atoms with E-state index < -0.39 is 24.1 Å². The standard InChI is InChI=1S/C15H18F2N6.C2HF3O2/c1-8(2)14-9(5-18)13(17)12-7-20-15(22-23(12)14)21-11-3-4-19-6-10(11)16;3-2(4,5)1(6)7/h7-8,10-11,19H,3-4,6H2,1-2H3,(H,21,22);(H,6,7)/t10-,11-;/m1./s1. The first-order valence-corrected chi connectivity index (χ1v) is 8.86. The molecule has 13 heteroatoms. The second-order valence-electron chi connectivity index (χ2n) is 6.78. The lowest BCUT2D eigenvalue weighted by atomic mass is 10.1. The summed E-state index contributed by atoms with van der Waals surface area (Å²) >= 11 is 0. The quantitative estimate of drug-likeness (QED) is 0.636. The Kier molecular flexibility index (Phi) is 7.14. The summed E-state index contributed by atoms with van der Waals surface area (Å²) < 4.78 is 61.3. The molecule has 0 saturated carbocycles. The largest absolute Gasteiger partial charge is 0.490 e. The van der Waals surface area contributed by atoms with E-state index in [-0.39, 0.29) is 35.5 Å². The minimum absolute atomic E-state index is 0.0170. The van der Waals surface area contributed by atoms with Gasteiger partial charge in [0.25, 0.3) is 0 Å². The maximum atomic E-state index is 14.3. The number of carbonyl (C=O) groups is 1. The van der Waals surface area contributed by atoms with E-state index in [1.165, 1.54) is 10.7 Å². The summed E-state index contributed by atoms with van der Waals surface area (Å²) in [6, 6.07) is 1.51. The maximum Gasteiger partial charge on any atom is 0.490 e. The van der Waals surface area contributed by atoms with Crippen LogP contribution in [0, 0.1) is 17.1 Å². The summed E-state index contributed by atoms with van der Waals surface area (Å²) in [5, 5.41) is 26.5. The fourth-order valence-corrected chi connectivity index (χ4v) is 2.89. The Morgan fingerprint density at radius 1 is 1.47 bits per heavy atom. The second kappa shape index (κ2) is 9.21. The Balaban J connectivity index is 0.000000396. The highest BCUT2D eigenvalue weighted by atomic mass is 19.4. The van der Waals surface area contributed by atoms with Crippen molar-refractivity contribution in [3.63, 3.8) is 0 Å². The van der Waals surface area contributed by atoms with Gasteiger partial charge in [0.1, 0.15) is 23.3 Å². The number of piperidine rings is 1. The highest BCUT2D eigenvalue weighted by molar-refractivity contribution is 5.73. The molecule has 2 aromatic heterocycles. The van der Waals surface area contributed by atoms with E-state index >= 15 is 0 Å². The van der Waals surface area contributed by atoms with Crippen LogP contribution in [0.3, 0.4) is 0 Å². The molecule has 3 heterocycles. The minimum Gasteiger partial charge on any atom is -0.475 e. The summed E-state index contributed by atoms with van der Waals surface area (Å²) in [7, 11) is 0. The van der Waals surface area contributed by atoms with Gasteiger partial charge in [0.15, 0.2) is 5.82 Å². The maximum absolute atomic E-state index is 14.3. The lowest BCUT2D eigenvalue weighted by Crippen LogP contribution is -2.45. The number of halogens is 5. The Morgan fingerprint density at radius 2 is 2.10 bits per heavy atom. The summed E-state index contributed by atoms with van der Waals surface area (Å²) in [4.78, 5) is 13.0. The van der Waals surface area contributed by atoms with Crippen molar-refractivity contribution in [2.24, 2.45) is 0 Å². The van der Waals surface area contributed by atoms with Crippen molar-refractivity contribution in [1.82, 2.24) is 19.9 Å². The van der Waals surface area contributed by atoms with Crippen LogP contribution >= 0.6 is 0 Å². The van der Waals surface area contributed by atoms with Crippen LogP contribution in [0.2, 0.25) is 0 Å². The molecule has 0 bridgehead atoms. The Hall–Kier alpha value is -3.01. The van der Waals surface area contributed by atoms with E-state index in [2.05, 4.69) is 20.7 Å². The van der Waals surface area contributed by atoms with Crippen molar-refractivity contribution < 1.29 is 31.9 Å². The number of nitrogens with zero attached hydrogens (tertiary/aromatic N) is 4. The number of nitriles is 1. The number of aromatic nitrogens is 3. The average molecular weight is 434 g/mol. The monoisotopic (exact) mass is 434 g/mol. The van der Waals surface area contributed by atoms with Crippen molar-refractivity contribution >= 4 is 17.4 Å². The summed E-state index contributed by atoms with van der Waals surface area (Å²) in [6.07, 6.45) is -4.18. The molecule has 1 saturated heterocycles. The zero-order valence-electron chi connectivity index (χ0n) is 16.0. The number of aliphatic carboxylic acids is 1. The van der Waals surface area contributed by atoms with Crippen LogP contribution in [-0.2, 0) is 4.79 Å². The number of alkyl halides is 4. The van der Waals surface area contributed by atoms with E-state index in [9.17, 15) is 27.2 Å². The van der Waals surface area contributed by atoms with Crippen LogP contribution in [0.15, 0.2) is 6.20 Å². The third-order valence-corrected chi connectivity index (χ3v) is 4.28. The molecule has 164 valence electrons. The van der Waals surface area contributed by atoms with Gasteiger partial charge in [0.05, 0.1) is 17.9 Å². The predicted octanol–water partition coefficient (Wildman–Crippen LogP) is 2.61. The Morgan fingerprint density at radius 3 is 2.60 bits per heavy atom. The number of fused-ring (bicyclic) bond motifs is 1. The van der Waals surface area contributed by atoms with Crippen LogP contribution < -0.4 is 10.6 Å². The molecule has 0 unspecified atom stereocenters. The molecule has 2 atom stereocenters. The van der Waals surface area contributed by atoms with Crippen LogP contribution in [0.5, 0.6) is 0 Å². The first-order chi connectivity index (χ1) is 14.0. The van der Waals surface area contributed by atoms with Gasteiger partial charge >= 0.3 is 12.1 Å². The average Bonchev–Trinajstić information content (AvgIpc) is 2.95. The van der Waals surface area contributed by atoms with Crippen LogP contribution in [0.25, 0.3) is 5.52 Å². The van der Waals surface area contributed by atoms with Gasteiger partial charge < -0.3 is 15.7 Å². The van der Waals surface area contributed by atoms with Gasteiger partial charge in [-0.05, 0) is 18.9 Å². The first kappa shape index (κ1) is 23.3. The molecule has 0 spiro atoms.